The Kier molecular flexibility index (Phi) is 4.06. The van der Waals surface area contributed by atoms with Crippen molar-refractivity contribution in [2.24, 2.45) is 5.92 Å². The number of carbonyl (C=O) groups excluding carboxylic acids is 1. The molecule has 2 aliphatic rings. The van der Waals surface area contributed by atoms with Crippen LogP contribution in [0.2, 0.25) is 0 Å². The van der Waals surface area contributed by atoms with Gasteiger partial charge in [-0.05, 0) is 12.3 Å². The highest BCUT2D eigenvalue weighted by atomic mass is 16.4. The van der Waals surface area contributed by atoms with Gasteiger partial charge in [-0.25, -0.2) is 4.79 Å². The molecule has 0 radical (unpaired) electrons. The molecule has 0 aromatic rings. The Balaban J connectivity index is 1.79. The molecule has 2 fully saturated rings. The zero-order chi connectivity index (χ0) is 13.1. The minimum absolute atomic E-state index is 0.0722. The average molecular weight is 255 g/mol. The maximum atomic E-state index is 12.2. The van der Waals surface area contributed by atoms with Crippen molar-refractivity contribution in [3.8, 4) is 0 Å². The SMILES string of the molecule is CC1CCN(C(=O)N2CCN(CC(=O)O)CC2)C1. The maximum absolute atomic E-state index is 12.2. The van der Waals surface area contributed by atoms with Crippen molar-refractivity contribution >= 4 is 12.0 Å². The van der Waals surface area contributed by atoms with E-state index in [1.165, 1.54) is 0 Å². The lowest BCUT2D eigenvalue weighted by molar-refractivity contribution is -0.138. The van der Waals surface area contributed by atoms with E-state index in [0.717, 1.165) is 19.5 Å². The van der Waals surface area contributed by atoms with Crippen molar-refractivity contribution in [2.75, 3.05) is 45.8 Å². The van der Waals surface area contributed by atoms with Gasteiger partial charge in [-0.2, -0.15) is 0 Å². The van der Waals surface area contributed by atoms with Gasteiger partial charge >= 0.3 is 12.0 Å². The molecule has 2 rings (SSSR count). The molecule has 0 saturated carbocycles. The lowest BCUT2D eigenvalue weighted by atomic mass is 10.2. The number of aliphatic carboxylic acids is 1. The smallest absolute Gasteiger partial charge is 0.320 e. The molecule has 18 heavy (non-hydrogen) atoms. The van der Waals surface area contributed by atoms with Crippen molar-refractivity contribution in [1.29, 1.82) is 0 Å². The average Bonchev–Trinajstić information content (AvgIpc) is 2.75. The zero-order valence-electron chi connectivity index (χ0n) is 10.8. The van der Waals surface area contributed by atoms with Gasteiger partial charge in [0, 0.05) is 39.3 Å². The second-order valence-electron chi connectivity index (χ2n) is 5.28. The minimum Gasteiger partial charge on any atom is -0.480 e. The van der Waals surface area contributed by atoms with E-state index < -0.39 is 5.97 Å². The third-order valence-corrected chi connectivity index (χ3v) is 3.70. The number of piperazine rings is 1. The van der Waals surface area contributed by atoms with Crippen LogP contribution in [0.3, 0.4) is 0 Å². The lowest BCUT2D eigenvalue weighted by Gasteiger charge is -2.35. The van der Waals surface area contributed by atoms with E-state index in [4.69, 9.17) is 5.11 Å². The second kappa shape index (κ2) is 5.56. The van der Waals surface area contributed by atoms with Gasteiger partial charge in [0.1, 0.15) is 0 Å². The van der Waals surface area contributed by atoms with Crippen molar-refractivity contribution < 1.29 is 14.7 Å². The predicted octanol–water partition coefficient (Wildman–Crippen LogP) is 0.150. The van der Waals surface area contributed by atoms with Gasteiger partial charge in [0.15, 0.2) is 0 Å². The van der Waals surface area contributed by atoms with E-state index in [9.17, 15) is 9.59 Å². The van der Waals surface area contributed by atoms with Gasteiger partial charge in [-0.3, -0.25) is 9.69 Å². The molecule has 2 heterocycles. The van der Waals surface area contributed by atoms with E-state index >= 15 is 0 Å². The molecule has 1 unspecified atom stereocenters. The van der Waals surface area contributed by atoms with Crippen LogP contribution in [0.1, 0.15) is 13.3 Å². The molecule has 1 N–H and O–H groups in total. The molecule has 0 aliphatic carbocycles. The maximum Gasteiger partial charge on any atom is 0.320 e. The molecule has 102 valence electrons. The first kappa shape index (κ1) is 13.1. The summed E-state index contributed by atoms with van der Waals surface area (Å²) < 4.78 is 0. The Hall–Kier alpha value is -1.30. The molecule has 0 aromatic heterocycles. The first-order valence-electron chi connectivity index (χ1n) is 6.54. The van der Waals surface area contributed by atoms with Crippen LogP contribution < -0.4 is 0 Å². The third kappa shape index (κ3) is 3.13. The van der Waals surface area contributed by atoms with Crippen LogP contribution >= 0.6 is 0 Å². The van der Waals surface area contributed by atoms with Crippen LogP contribution in [-0.4, -0.2) is 77.6 Å². The molecule has 6 heteroatoms. The van der Waals surface area contributed by atoms with Crippen LogP contribution in [0.5, 0.6) is 0 Å². The fourth-order valence-corrected chi connectivity index (χ4v) is 2.60. The molecule has 1 atom stereocenters. The standard InChI is InChI=1S/C12H21N3O3/c1-10-2-3-15(8-10)12(18)14-6-4-13(5-7-14)9-11(16)17/h10H,2-9H2,1H3,(H,16,17). The van der Waals surface area contributed by atoms with E-state index in [1.807, 2.05) is 14.7 Å². The van der Waals surface area contributed by atoms with Crippen molar-refractivity contribution in [3.05, 3.63) is 0 Å². The zero-order valence-corrected chi connectivity index (χ0v) is 10.8. The van der Waals surface area contributed by atoms with Crippen LogP contribution in [-0.2, 0) is 4.79 Å². The number of hydrogen-bond acceptors (Lipinski definition) is 3. The molecule has 0 aromatic carbocycles. The highest BCUT2D eigenvalue weighted by molar-refractivity contribution is 5.75. The summed E-state index contributed by atoms with van der Waals surface area (Å²) in [6.07, 6.45) is 1.09. The number of hydrogen-bond donors (Lipinski definition) is 1. The molecule has 0 bridgehead atoms. The van der Waals surface area contributed by atoms with Gasteiger partial charge in [0.2, 0.25) is 0 Å². The largest absolute Gasteiger partial charge is 0.480 e. The number of carboxylic acids is 1. The van der Waals surface area contributed by atoms with Gasteiger partial charge in [0.05, 0.1) is 6.54 Å². The van der Waals surface area contributed by atoms with Crippen LogP contribution in [0.25, 0.3) is 0 Å². The third-order valence-electron chi connectivity index (χ3n) is 3.70. The quantitative estimate of drug-likeness (QED) is 0.763. The number of urea groups is 1. The van der Waals surface area contributed by atoms with Crippen molar-refractivity contribution in [3.63, 3.8) is 0 Å². The Labute approximate surface area is 107 Å². The molecule has 6 nitrogen and oxygen atoms in total. The lowest BCUT2D eigenvalue weighted by Crippen LogP contribution is -2.53. The normalized spacial score (nSPS) is 25.5. The Morgan fingerprint density at radius 3 is 2.28 bits per heavy atom. The summed E-state index contributed by atoms with van der Waals surface area (Å²) >= 11 is 0. The predicted molar refractivity (Wildman–Crippen MR) is 66.4 cm³/mol. The van der Waals surface area contributed by atoms with Gasteiger partial charge in [0.25, 0.3) is 0 Å². The first-order chi connectivity index (χ1) is 8.56. The molecule has 2 amide bonds. The summed E-state index contributed by atoms with van der Waals surface area (Å²) in [5, 5.41) is 8.71. The Morgan fingerprint density at radius 2 is 1.78 bits per heavy atom. The number of carbonyl (C=O) groups is 2. The van der Waals surface area contributed by atoms with Crippen LogP contribution in [0, 0.1) is 5.92 Å². The molecule has 2 aliphatic heterocycles. The first-order valence-corrected chi connectivity index (χ1v) is 6.54. The Morgan fingerprint density at radius 1 is 1.11 bits per heavy atom. The van der Waals surface area contributed by atoms with Crippen LogP contribution in [0.15, 0.2) is 0 Å². The van der Waals surface area contributed by atoms with Crippen molar-refractivity contribution in [2.45, 2.75) is 13.3 Å². The fourth-order valence-electron chi connectivity index (χ4n) is 2.60. The fraction of sp³-hybridized carbons (Fsp3) is 0.833. The highest BCUT2D eigenvalue weighted by Crippen LogP contribution is 2.17. The summed E-state index contributed by atoms with van der Waals surface area (Å²) in [6, 6.07) is 0.120. The summed E-state index contributed by atoms with van der Waals surface area (Å²) in [4.78, 5) is 28.4. The molecule has 2 saturated heterocycles. The van der Waals surface area contributed by atoms with E-state index in [-0.39, 0.29) is 12.6 Å². The van der Waals surface area contributed by atoms with Gasteiger partial charge in [-0.1, -0.05) is 6.92 Å². The number of rotatable bonds is 2. The van der Waals surface area contributed by atoms with E-state index in [1.54, 1.807) is 0 Å². The van der Waals surface area contributed by atoms with Gasteiger partial charge < -0.3 is 14.9 Å². The number of nitrogens with zero attached hydrogens (tertiary/aromatic N) is 3. The topological polar surface area (TPSA) is 64.1 Å². The van der Waals surface area contributed by atoms with E-state index in [2.05, 4.69) is 6.92 Å². The molecular formula is C12H21N3O3. The molecular weight excluding hydrogens is 234 g/mol. The summed E-state index contributed by atoms with van der Waals surface area (Å²) in [6.45, 7) is 6.53. The Bertz CT molecular complexity index is 327. The van der Waals surface area contributed by atoms with E-state index in [0.29, 0.717) is 32.1 Å². The summed E-state index contributed by atoms with van der Waals surface area (Å²) in [5.74, 6) is -0.203. The van der Waals surface area contributed by atoms with Crippen LogP contribution in [0.4, 0.5) is 4.79 Å². The second-order valence-corrected chi connectivity index (χ2v) is 5.28. The number of amides is 2. The monoisotopic (exact) mass is 255 g/mol. The minimum atomic E-state index is -0.803. The summed E-state index contributed by atoms with van der Waals surface area (Å²) in [5.41, 5.74) is 0. The van der Waals surface area contributed by atoms with Crippen molar-refractivity contribution in [1.82, 2.24) is 14.7 Å². The number of carboxylic acid groups (broad SMARTS) is 1. The molecule has 0 spiro atoms. The summed E-state index contributed by atoms with van der Waals surface area (Å²) in [7, 11) is 0. The highest BCUT2D eigenvalue weighted by Gasteiger charge is 2.29. The number of likely N-dealkylation sites (tertiary alicyclic amines) is 1. The van der Waals surface area contributed by atoms with Gasteiger partial charge in [-0.15, -0.1) is 0 Å².